The first-order chi connectivity index (χ1) is 15.5. The fraction of sp³-hybridized carbons (Fsp3) is 0.227. The van der Waals surface area contributed by atoms with Gasteiger partial charge in [0.1, 0.15) is 25.7 Å². The van der Waals surface area contributed by atoms with Crippen LogP contribution in [0.5, 0.6) is 0 Å². The summed E-state index contributed by atoms with van der Waals surface area (Å²) in [5.74, 6) is -0.324. The van der Waals surface area contributed by atoms with Gasteiger partial charge in [-0.15, -0.1) is 0 Å². The Morgan fingerprint density at radius 3 is 2.50 bits per heavy atom. The van der Waals surface area contributed by atoms with Crippen LogP contribution in [0.1, 0.15) is 27.8 Å². The van der Waals surface area contributed by atoms with Crippen LogP contribution in [0, 0.1) is 23.6 Å². The Bertz CT molecular complexity index is 913. The summed E-state index contributed by atoms with van der Waals surface area (Å²) < 4.78 is 13.8. The maximum atomic E-state index is 13.8. The second-order valence-corrected chi connectivity index (χ2v) is 6.35. The number of aliphatic imine (C=N–C) groups is 1. The Labute approximate surface area is 187 Å². The third-order valence-electron chi connectivity index (χ3n) is 4.41. The molecule has 0 spiro atoms. The van der Waals surface area contributed by atoms with Crippen molar-refractivity contribution in [2.75, 3.05) is 11.9 Å². The molecule has 0 aromatic heterocycles. The minimum atomic E-state index is -0.246. The number of fused-ring (bicyclic) bond motifs is 1. The molecule has 0 radical (unpaired) electrons. The largest absolute Gasteiger partial charge is 0.380 e. The monoisotopic (exact) mass is 443 g/mol. The Morgan fingerprint density at radius 1 is 1.25 bits per heavy atom. The quantitative estimate of drug-likeness (QED) is 0.304. The van der Waals surface area contributed by atoms with Gasteiger partial charge in [0, 0.05) is 30.6 Å². The normalized spacial score (nSPS) is 10.8. The zero-order valence-electron chi connectivity index (χ0n) is 18.1. The van der Waals surface area contributed by atoms with Crippen molar-refractivity contribution in [2.24, 2.45) is 16.5 Å². The molecule has 0 aliphatic carbocycles. The lowest BCUT2D eigenvalue weighted by Crippen LogP contribution is -2.25. The minimum Gasteiger partial charge on any atom is -0.380 e. The van der Waals surface area contributed by atoms with Crippen LogP contribution in [-0.4, -0.2) is 38.6 Å². The predicted molar refractivity (Wildman–Crippen MR) is 127 cm³/mol. The molecule has 0 atom stereocenters. The summed E-state index contributed by atoms with van der Waals surface area (Å²) in [7, 11) is 0. The highest BCUT2D eigenvalue weighted by atomic mass is 19.1. The molecule has 0 saturated heterocycles. The number of rotatable bonds is 5. The van der Waals surface area contributed by atoms with Crippen LogP contribution in [0.3, 0.4) is 0 Å². The number of benzene rings is 2. The van der Waals surface area contributed by atoms with Crippen LogP contribution in [0.2, 0.25) is 0 Å². The Balaban J connectivity index is 0.000000824. The number of nitrogens with one attached hydrogen (secondary N) is 4. The van der Waals surface area contributed by atoms with E-state index in [-0.39, 0.29) is 11.8 Å². The Kier molecular flexibility index (Phi) is 13.9. The standard InChI is InChI=1S/C18H20FN3.C2H6N4.2CH2O/c1-12-7-15(9-20)18(8-17(12)19)22-10-14-4-2-3-13-5-6-21-11-16(13)14;3-1-6-2(4)5;2*1-2/h2-4,7-9,20-22H,5-6,10-11H2,1H3;1H,(H5,3,4,5,6);2*1H2. The van der Waals surface area contributed by atoms with Gasteiger partial charge < -0.3 is 37.1 Å². The van der Waals surface area contributed by atoms with Gasteiger partial charge in [-0.3, -0.25) is 5.41 Å². The van der Waals surface area contributed by atoms with Crippen LogP contribution in [0.15, 0.2) is 35.3 Å². The average molecular weight is 444 g/mol. The maximum Gasteiger partial charge on any atom is 0.192 e. The van der Waals surface area contributed by atoms with E-state index in [0.717, 1.165) is 25.8 Å². The molecule has 8 N–H and O–H groups in total. The lowest BCUT2D eigenvalue weighted by atomic mass is 9.96. The highest BCUT2D eigenvalue weighted by Gasteiger charge is 2.13. The molecule has 0 bridgehead atoms. The average Bonchev–Trinajstić information content (AvgIpc) is 2.82. The van der Waals surface area contributed by atoms with Gasteiger partial charge in [-0.05, 0) is 54.3 Å². The van der Waals surface area contributed by atoms with Gasteiger partial charge in [0.25, 0.3) is 0 Å². The first kappa shape index (κ1) is 28.1. The van der Waals surface area contributed by atoms with Crippen molar-refractivity contribution in [3.8, 4) is 0 Å². The molecule has 0 amide bonds. The van der Waals surface area contributed by atoms with Gasteiger partial charge in [-0.1, -0.05) is 18.2 Å². The Hall–Kier alpha value is -3.92. The smallest absolute Gasteiger partial charge is 0.192 e. The van der Waals surface area contributed by atoms with Crippen LogP contribution < -0.4 is 22.1 Å². The lowest BCUT2D eigenvalue weighted by molar-refractivity contribution is -0.0987. The predicted octanol–water partition coefficient (Wildman–Crippen LogP) is 1.89. The van der Waals surface area contributed by atoms with Crippen molar-refractivity contribution < 1.29 is 14.0 Å². The zero-order valence-corrected chi connectivity index (χ0v) is 18.1. The zero-order chi connectivity index (χ0) is 24.5. The molecule has 3 rings (SSSR count). The van der Waals surface area contributed by atoms with E-state index in [1.54, 1.807) is 13.0 Å². The number of carbonyl (C=O) groups excluding carboxylic acids is 2. The minimum absolute atomic E-state index is 0.0787. The van der Waals surface area contributed by atoms with Gasteiger partial charge >= 0.3 is 0 Å². The van der Waals surface area contributed by atoms with E-state index in [9.17, 15) is 4.39 Å². The lowest BCUT2D eigenvalue weighted by Gasteiger charge is -2.21. The van der Waals surface area contributed by atoms with E-state index in [1.165, 1.54) is 29.0 Å². The van der Waals surface area contributed by atoms with Gasteiger partial charge in [0.05, 0.1) is 0 Å². The van der Waals surface area contributed by atoms with E-state index >= 15 is 0 Å². The van der Waals surface area contributed by atoms with Crippen LogP contribution in [-0.2, 0) is 29.1 Å². The molecule has 32 heavy (non-hydrogen) atoms. The SMILES string of the molecule is C=O.C=O.Cc1cc(C=N)c(NCc2cccc3c2CNCC3)cc1F.N=CN=C(N)N. The number of nitrogens with two attached hydrogens (primary N) is 2. The third kappa shape index (κ3) is 8.84. The Morgan fingerprint density at radius 2 is 1.94 bits per heavy atom. The van der Waals surface area contributed by atoms with Gasteiger partial charge in [0.2, 0.25) is 0 Å². The molecular weight excluding hydrogens is 413 g/mol. The number of guanidine groups is 1. The molecule has 9 nitrogen and oxygen atoms in total. The summed E-state index contributed by atoms with van der Waals surface area (Å²) in [5.41, 5.74) is 15.4. The van der Waals surface area contributed by atoms with E-state index in [0.29, 0.717) is 23.4 Å². The molecule has 0 fully saturated rings. The summed E-state index contributed by atoms with van der Waals surface area (Å²) in [6.45, 7) is 8.25. The third-order valence-corrected chi connectivity index (χ3v) is 4.41. The summed E-state index contributed by atoms with van der Waals surface area (Å²) >= 11 is 0. The molecule has 0 saturated carbocycles. The number of aryl methyl sites for hydroxylation is 1. The molecule has 1 aliphatic rings. The summed E-state index contributed by atoms with van der Waals surface area (Å²) in [6.07, 6.45) is 3.10. The molecular formula is C22H30FN7O2. The number of anilines is 1. The topological polar surface area (TPSA) is 170 Å². The second-order valence-electron chi connectivity index (χ2n) is 6.35. The van der Waals surface area contributed by atoms with Crippen molar-refractivity contribution in [3.05, 3.63) is 64.0 Å². The van der Waals surface area contributed by atoms with Crippen LogP contribution in [0.4, 0.5) is 10.1 Å². The number of carbonyl (C=O) groups is 2. The van der Waals surface area contributed by atoms with Crippen LogP contribution >= 0.6 is 0 Å². The first-order valence-electron chi connectivity index (χ1n) is 9.46. The highest BCUT2D eigenvalue weighted by Crippen LogP contribution is 2.22. The second kappa shape index (κ2) is 15.9. The fourth-order valence-electron chi connectivity index (χ4n) is 2.99. The summed E-state index contributed by atoms with van der Waals surface area (Å²) in [4.78, 5) is 19.1. The summed E-state index contributed by atoms with van der Waals surface area (Å²) in [5, 5.41) is 20.4. The number of hydrogen-bond acceptors (Lipinski definition) is 6. The van der Waals surface area contributed by atoms with Crippen molar-refractivity contribution in [1.29, 1.82) is 10.8 Å². The molecule has 172 valence electrons. The highest BCUT2D eigenvalue weighted by molar-refractivity contribution is 5.86. The van der Waals surface area contributed by atoms with Crippen molar-refractivity contribution >= 4 is 37.8 Å². The van der Waals surface area contributed by atoms with E-state index in [1.807, 2.05) is 13.6 Å². The number of halogens is 1. The van der Waals surface area contributed by atoms with Crippen molar-refractivity contribution in [1.82, 2.24) is 5.32 Å². The molecule has 2 aromatic carbocycles. The van der Waals surface area contributed by atoms with E-state index in [2.05, 4.69) is 33.8 Å². The van der Waals surface area contributed by atoms with Gasteiger partial charge in [-0.2, -0.15) is 0 Å². The van der Waals surface area contributed by atoms with Crippen LogP contribution in [0.25, 0.3) is 0 Å². The number of hydrogen-bond donors (Lipinski definition) is 6. The molecule has 2 aromatic rings. The van der Waals surface area contributed by atoms with Gasteiger partial charge in [-0.25, -0.2) is 9.38 Å². The maximum absolute atomic E-state index is 13.8. The summed E-state index contributed by atoms with van der Waals surface area (Å²) in [6, 6.07) is 9.53. The first-order valence-corrected chi connectivity index (χ1v) is 9.46. The molecule has 1 aliphatic heterocycles. The number of nitrogens with zero attached hydrogens (tertiary/aromatic N) is 1. The van der Waals surface area contributed by atoms with E-state index < -0.39 is 0 Å². The van der Waals surface area contributed by atoms with Crippen molar-refractivity contribution in [2.45, 2.75) is 26.4 Å². The molecule has 10 heteroatoms. The van der Waals surface area contributed by atoms with Crippen molar-refractivity contribution in [3.63, 3.8) is 0 Å². The van der Waals surface area contributed by atoms with E-state index in [4.69, 9.17) is 31.9 Å². The van der Waals surface area contributed by atoms with Gasteiger partial charge in [0.15, 0.2) is 5.96 Å². The fourth-order valence-corrected chi connectivity index (χ4v) is 2.99. The molecule has 1 heterocycles. The molecule has 0 unspecified atom stereocenters.